The lowest BCUT2D eigenvalue weighted by molar-refractivity contribution is -0.174. The zero-order valence-corrected chi connectivity index (χ0v) is 12.6. The van der Waals surface area contributed by atoms with Crippen molar-refractivity contribution in [3.63, 3.8) is 0 Å². The summed E-state index contributed by atoms with van der Waals surface area (Å²) < 4.78 is 5.24. The molecule has 0 radical (unpaired) electrons. The monoisotopic (exact) mass is 272 g/mol. The minimum atomic E-state index is -1.02. The van der Waals surface area contributed by atoms with Crippen LogP contribution in [0.3, 0.4) is 0 Å². The molecule has 4 nitrogen and oxygen atoms in total. The summed E-state index contributed by atoms with van der Waals surface area (Å²) in [6, 6.07) is 9.62. The van der Waals surface area contributed by atoms with Gasteiger partial charge in [0, 0.05) is 7.05 Å². The zero-order valence-electron chi connectivity index (χ0n) is 12.6. The molecule has 0 saturated carbocycles. The number of hydrogen-bond acceptors (Lipinski definition) is 3. The molecule has 0 unspecified atom stereocenters. The minimum absolute atomic E-state index is 0.111. The molecule has 1 aliphatic rings. The first-order chi connectivity index (χ1) is 9.29. The molecule has 1 amide bonds. The Morgan fingerprint density at radius 3 is 2.55 bits per heavy atom. The Hall–Kier alpha value is -2.02. The summed E-state index contributed by atoms with van der Waals surface area (Å²) in [4.78, 5) is 14.0. The predicted octanol–water partition coefficient (Wildman–Crippen LogP) is 2.76. The van der Waals surface area contributed by atoms with Gasteiger partial charge in [-0.1, -0.05) is 32.9 Å². The highest BCUT2D eigenvalue weighted by molar-refractivity contribution is 5.94. The molecule has 2 atom stereocenters. The average molecular weight is 272 g/mol. The number of carbonyl (C=O) groups excluding carboxylic acids is 1. The highest BCUT2D eigenvalue weighted by Crippen LogP contribution is 2.58. The Labute approximate surface area is 120 Å². The Morgan fingerprint density at radius 2 is 2.05 bits per heavy atom. The highest BCUT2D eigenvalue weighted by atomic mass is 16.5. The maximum atomic E-state index is 12.4. The third-order valence-electron chi connectivity index (χ3n) is 4.22. The summed E-state index contributed by atoms with van der Waals surface area (Å²) in [5, 5.41) is 9.69. The van der Waals surface area contributed by atoms with Crippen molar-refractivity contribution >= 4 is 5.91 Å². The summed E-state index contributed by atoms with van der Waals surface area (Å²) in [6.45, 7) is 5.82. The fourth-order valence-corrected chi connectivity index (χ4v) is 3.03. The largest absolute Gasteiger partial charge is 0.497 e. The molecule has 0 bridgehead atoms. The fourth-order valence-electron chi connectivity index (χ4n) is 3.03. The number of nitriles is 1. The number of carbonyl (C=O) groups is 1. The second-order valence-corrected chi connectivity index (χ2v) is 6.27. The van der Waals surface area contributed by atoms with E-state index >= 15 is 0 Å². The molecule has 0 N–H and O–H groups in total. The van der Waals surface area contributed by atoms with E-state index in [1.54, 1.807) is 19.1 Å². The second kappa shape index (κ2) is 4.52. The van der Waals surface area contributed by atoms with Gasteiger partial charge in [-0.05, 0) is 23.1 Å². The van der Waals surface area contributed by atoms with Crippen LogP contribution in [0.2, 0.25) is 0 Å². The van der Waals surface area contributed by atoms with Crippen molar-refractivity contribution in [3.05, 3.63) is 29.8 Å². The molecular formula is C16H20N2O2. The lowest BCUT2D eigenvalue weighted by atomic mass is 9.55. The van der Waals surface area contributed by atoms with Gasteiger partial charge in [-0.3, -0.25) is 4.79 Å². The van der Waals surface area contributed by atoms with Crippen molar-refractivity contribution in [2.24, 2.45) is 10.8 Å². The molecule has 1 fully saturated rings. The molecule has 1 aromatic rings. The fraction of sp³-hybridized carbons (Fsp3) is 0.500. The summed E-state index contributed by atoms with van der Waals surface area (Å²) in [6.07, 6.45) is 0. The number of benzene rings is 1. The van der Waals surface area contributed by atoms with E-state index in [2.05, 4.69) is 6.07 Å². The molecule has 1 aromatic carbocycles. The number of amides is 1. The average Bonchev–Trinajstić information content (AvgIpc) is 2.41. The van der Waals surface area contributed by atoms with E-state index in [4.69, 9.17) is 4.74 Å². The van der Waals surface area contributed by atoms with E-state index in [0.717, 1.165) is 11.3 Å². The van der Waals surface area contributed by atoms with Gasteiger partial charge in [-0.2, -0.15) is 5.26 Å². The second-order valence-electron chi connectivity index (χ2n) is 6.27. The SMILES string of the molecule is COc1cccc([C@H]2N(C)C(=O)[C@]2(C#N)C(C)(C)C)c1. The molecule has 0 aliphatic carbocycles. The summed E-state index contributed by atoms with van der Waals surface area (Å²) in [5.41, 5.74) is -0.518. The number of rotatable bonds is 2. The molecule has 0 aromatic heterocycles. The van der Waals surface area contributed by atoms with Gasteiger partial charge in [0.1, 0.15) is 5.75 Å². The number of nitrogens with zero attached hydrogens (tertiary/aromatic N) is 2. The van der Waals surface area contributed by atoms with Crippen LogP contribution in [0, 0.1) is 22.2 Å². The van der Waals surface area contributed by atoms with Crippen molar-refractivity contribution in [2.75, 3.05) is 14.2 Å². The molecule has 2 rings (SSSR count). The predicted molar refractivity (Wildman–Crippen MR) is 76.0 cm³/mol. The standard InChI is InChI=1S/C16H20N2O2/c1-15(2,3)16(10-17)13(18(4)14(16)19)11-7-6-8-12(9-11)20-5/h6-9,13H,1-5H3/t13-,16-/m1/s1. The third-order valence-corrected chi connectivity index (χ3v) is 4.22. The summed E-state index contributed by atoms with van der Waals surface area (Å²) in [5.74, 6) is 0.622. The zero-order chi connectivity index (χ0) is 15.1. The van der Waals surface area contributed by atoms with E-state index in [-0.39, 0.29) is 11.9 Å². The van der Waals surface area contributed by atoms with Crippen LogP contribution in [-0.2, 0) is 4.79 Å². The molecular weight excluding hydrogens is 252 g/mol. The third kappa shape index (κ3) is 1.70. The van der Waals surface area contributed by atoms with Gasteiger partial charge in [0.15, 0.2) is 5.41 Å². The van der Waals surface area contributed by atoms with E-state index in [0.29, 0.717) is 0 Å². The number of β-lactam (4-membered cyclic amide) rings is 1. The van der Waals surface area contributed by atoms with Gasteiger partial charge >= 0.3 is 0 Å². The molecule has 1 saturated heterocycles. The Balaban J connectivity index is 2.54. The normalized spacial score (nSPS) is 25.9. The lowest BCUT2D eigenvalue weighted by Gasteiger charge is -2.56. The Morgan fingerprint density at radius 1 is 1.40 bits per heavy atom. The van der Waals surface area contributed by atoms with Crippen molar-refractivity contribution < 1.29 is 9.53 Å². The summed E-state index contributed by atoms with van der Waals surface area (Å²) >= 11 is 0. The minimum Gasteiger partial charge on any atom is -0.497 e. The first kappa shape index (κ1) is 14.4. The smallest absolute Gasteiger partial charge is 0.246 e. The quantitative estimate of drug-likeness (QED) is 0.778. The van der Waals surface area contributed by atoms with Gasteiger partial charge in [-0.25, -0.2) is 0 Å². The van der Waals surface area contributed by atoms with Crippen LogP contribution in [0.5, 0.6) is 5.75 Å². The van der Waals surface area contributed by atoms with Gasteiger partial charge in [-0.15, -0.1) is 0 Å². The van der Waals surface area contributed by atoms with Gasteiger partial charge in [0.2, 0.25) is 5.91 Å². The molecule has 4 heteroatoms. The number of ether oxygens (including phenoxy) is 1. The van der Waals surface area contributed by atoms with Crippen LogP contribution in [0.1, 0.15) is 32.4 Å². The van der Waals surface area contributed by atoms with E-state index in [9.17, 15) is 10.1 Å². The Bertz CT molecular complexity index is 583. The van der Waals surface area contributed by atoms with E-state index in [1.807, 2.05) is 45.0 Å². The Kier molecular flexibility index (Phi) is 3.25. The molecule has 1 heterocycles. The molecule has 1 aliphatic heterocycles. The molecule has 0 spiro atoms. The van der Waals surface area contributed by atoms with Gasteiger partial charge in [0.25, 0.3) is 0 Å². The molecule has 20 heavy (non-hydrogen) atoms. The maximum Gasteiger partial charge on any atom is 0.246 e. The number of methoxy groups -OCH3 is 1. The van der Waals surface area contributed by atoms with Crippen LogP contribution in [0.25, 0.3) is 0 Å². The lowest BCUT2D eigenvalue weighted by Crippen LogP contribution is -2.66. The van der Waals surface area contributed by atoms with Crippen molar-refractivity contribution in [1.29, 1.82) is 5.26 Å². The van der Waals surface area contributed by atoms with Crippen LogP contribution < -0.4 is 4.74 Å². The van der Waals surface area contributed by atoms with Crippen LogP contribution in [0.15, 0.2) is 24.3 Å². The topological polar surface area (TPSA) is 53.3 Å². The maximum absolute atomic E-state index is 12.4. The first-order valence-electron chi connectivity index (χ1n) is 6.62. The van der Waals surface area contributed by atoms with Gasteiger partial charge in [0.05, 0.1) is 19.2 Å². The van der Waals surface area contributed by atoms with E-state index < -0.39 is 10.8 Å². The van der Waals surface area contributed by atoms with Crippen LogP contribution >= 0.6 is 0 Å². The van der Waals surface area contributed by atoms with Crippen LogP contribution in [0.4, 0.5) is 0 Å². The molecule has 106 valence electrons. The van der Waals surface area contributed by atoms with Crippen molar-refractivity contribution in [3.8, 4) is 11.8 Å². The highest BCUT2D eigenvalue weighted by Gasteiger charge is 2.66. The van der Waals surface area contributed by atoms with Crippen LogP contribution in [-0.4, -0.2) is 25.0 Å². The first-order valence-corrected chi connectivity index (χ1v) is 6.62. The van der Waals surface area contributed by atoms with Crippen molar-refractivity contribution in [1.82, 2.24) is 4.90 Å². The number of likely N-dealkylation sites (tertiary alicyclic amines) is 1. The van der Waals surface area contributed by atoms with Gasteiger partial charge < -0.3 is 9.64 Å². The van der Waals surface area contributed by atoms with E-state index in [1.165, 1.54) is 0 Å². The summed E-state index contributed by atoms with van der Waals surface area (Å²) in [7, 11) is 3.35. The van der Waals surface area contributed by atoms with Crippen molar-refractivity contribution in [2.45, 2.75) is 26.8 Å². The number of hydrogen-bond donors (Lipinski definition) is 0.